The van der Waals surface area contributed by atoms with E-state index in [1.807, 2.05) is 30.5 Å². The zero-order chi connectivity index (χ0) is 11.4. The van der Waals surface area contributed by atoms with Gasteiger partial charge in [-0.15, -0.1) is 0 Å². The van der Waals surface area contributed by atoms with Gasteiger partial charge in [-0.3, -0.25) is 4.79 Å². The number of H-pyrrole nitrogens is 1. The van der Waals surface area contributed by atoms with Gasteiger partial charge >= 0.3 is 0 Å². The Kier molecular flexibility index (Phi) is 3.00. The third-order valence-corrected chi connectivity index (χ3v) is 2.12. The molecule has 1 amide bonds. The van der Waals surface area contributed by atoms with E-state index in [0.717, 1.165) is 16.7 Å². The number of hydrogen-bond donors (Lipinski definition) is 1. The molecule has 0 radical (unpaired) electrons. The molecule has 0 saturated heterocycles. The van der Waals surface area contributed by atoms with E-state index in [4.69, 9.17) is 4.74 Å². The first-order valence-corrected chi connectivity index (χ1v) is 4.99. The highest BCUT2D eigenvalue weighted by atomic mass is 16.5. The van der Waals surface area contributed by atoms with Crippen molar-refractivity contribution in [2.24, 2.45) is 4.99 Å². The Hall–Kier alpha value is -2.10. The van der Waals surface area contributed by atoms with Gasteiger partial charge in [0.25, 0.3) is 0 Å². The van der Waals surface area contributed by atoms with Gasteiger partial charge in [0.1, 0.15) is 12.4 Å². The monoisotopic (exact) mass is 216 g/mol. The second-order valence-electron chi connectivity index (χ2n) is 3.37. The lowest BCUT2D eigenvalue weighted by Gasteiger charge is -2.02. The molecule has 0 aliphatic rings. The van der Waals surface area contributed by atoms with E-state index in [0.29, 0.717) is 6.61 Å². The summed E-state index contributed by atoms with van der Waals surface area (Å²) in [5.41, 5.74) is 1.07. The van der Waals surface area contributed by atoms with E-state index in [9.17, 15) is 4.79 Å². The first kappa shape index (κ1) is 10.4. The van der Waals surface area contributed by atoms with Crippen molar-refractivity contribution in [2.45, 2.75) is 6.92 Å². The third-order valence-electron chi connectivity index (χ3n) is 2.12. The van der Waals surface area contributed by atoms with E-state index in [2.05, 4.69) is 9.98 Å². The summed E-state index contributed by atoms with van der Waals surface area (Å²) in [6, 6.07) is 7.74. The highest BCUT2D eigenvalue weighted by Gasteiger charge is 1.96. The zero-order valence-electron chi connectivity index (χ0n) is 8.93. The lowest BCUT2D eigenvalue weighted by Crippen LogP contribution is -1.99. The van der Waals surface area contributed by atoms with Crippen LogP contribution < -0.4 is 4.74 Å². The third kappa shape index (κ3) is 2.48. The summed E-state index contributed by atoms with van der Waals surface area (Å²) < 4.78 is 5.42. The molecule has 0 saturated carbocycles. The molecule has 4 heteroatoms. The summed E-state index contributed by atoms with van der Waals surface area (Å²) >= 11 is 0. The highest BCUT2D eigenvalue weighted by molar-refractivity contribution is 5.83. The van der Waals surface area contributed by atoms with Crippen molar-refractivity contribution in [1.82, 2.24) is 4.98 Å². The van der Waals surface area contributed by atoms with E-state index < -0.39 is 0 Å². The number of carbonyl (C=O) groups is 1. The maximum absolute atomic E-state index is 10.5. The Morgan fingerprint density at radius 3 is 3.19 bits per heavy atom. The number of nitrogens with zero attached hydrogens (tertiary/aromatic N) is 1. The summed E-state index contributed by atoms with van der Waals surface area (Å²) in [6.07, 6.45) is 3.34. The lowest BCUT2D eigenvalue weighted by atomic mass is 10.2. The molecule has 1 aromatic heterocycles. The fourth-order valence-electron chi connectivity index (χ4n) is 1.42. The molecule has 1 aromatic carbocycles. The first-order valence-electron chi connectivity index (χ1n) is 4.99. The molecule has 0 bridgehead atoms. The van der Waals surface area contributed by atoms with Gasteiger partial charge in [-0.05, 0) is 24.3 Å². The number of nitrogens with one attached hydrogen (secondary N) is 1. The molecule has 0 atom stereocenters. The maximum atomic E-state index is 10.5. The molecular formula is C12H12N2O2. The van der Waals surface area contributed by atoms with Crippen LogP contribution in [0.3, 0.4) is 0 Å². The fraction of sp³-hybridized carbons (Fsp3) is 0.167. The number of fused-ring (bicyclic) bond motifs is 1. The van der Waals surface area contributed by atoms with Crippen LogP contribution in [0.2, 0.25) is 0 Å². The summed E-state index contributed by atoms with van der Waals surface area (Å²) in [4.78, 5) is 17.2. The number of aliphatic imine (C=N–C) groups is 1. The molecule has 82 valence electrons. The number of carbonyl (C=O) groups excluding carboxylic acids is 1. The Balaban J connectivity index is 2.01. The Morgan fingerprint density at radius 1 is 1.50 bits per heavy atom. The van der Waals surface area contributed by atoms with Crippen LogP contribution in [0, 0.1) is 0 Å². The number of benzene rings is 1. The molecule has 0 aliphatic carbocycles. The standard InChI is InChI=1S/C12H12N2O2/c1-9(15)13-6-7-16-11-2-3-12-10(8-11)4-5-14-12/h2-6,8,14H,7H2,1H3. The van der Waals surface area contributed by atoms with Crippen LogP contribution in [0.4, 0.5) is 0 Å². The minimum atomic E-state index is -0.218. The summed E-state index contributed by atoms with van der Waals surface area (Å²) in [6.45, 7) is 1.71. The van der Waals surface area contributed by atoms with Crippen LogP contribution in [0.1, 0.15) is 6.92 Å². The quantitative estimate of drug-likeness (QED) is 0.799. The van der Waals surface area contributed by atoms with Crippen molar-refractivity contribution in [3.05, 3.63) is 30.5 Å². The molecular weight excluding hydrogens is 204 g/mol. The lowest BCUT2D eigenvalue weighted by molar-refractivity contribution is -0.115. The fourth-order valence-corrected chi connectivity index (χ4v) is 1.42. The number of rotatable bonds is 3. The number of amides is 1. The number of aromatic amines is 1. The van der Waals surface area contributed by atoms with E-state index in [-0.39, 0.29) is 5.91 Å². The minimum absolute atomic E-state index is 0.218. The molecule has 1 heterocycles. The second-order valence-corrected chi connectivity index (χ2v) is 3.37. The van der Waals surface area contributed by atoms with Gasteiger partial charge in [-0.25, -0.2) is 4.99 Å². The molecule has 4 nitrogen and oxygen atoms in total. The van der Waals surface area contributed by atoms with Crippen LogP contribution in [0.15, 0.2) is 35.5 Å². The van der Waals surface area contributed by atoms with Crippen LogP contribution >= 0.6 is 0 Å². The SMILES string of the molecule is CC(=O)N=CCOc1ccc2[nH]ccc2c1. The van der Waals surface area contributed by atoms with Crippen LogP contribution in [-0.4, -0.2) is 23.7 Å². The van der Waals surface area contributed by atoms with Crippen molar-refractivity contribution in [2.75, 3.05) is 6.61 Å². The summed E-state index contributed by atoms with van der Waals surface area (Å²) in [5, 5.41) is 1.10. The number of ether oxygens (including phenoxy) is 1. The molecule has 2 rings (SSSR count). The zero-order valence-corrected chi connectivity index (χ0v) is 8.93. The number of aromatic nitrogens is 1. The predicted molar refractivity (Wildman–Crippen MR) is 63.0 cm³/mol. The molecule has 0 spiro atoms. The van der Waals surface area contributed by atoms with Crippen molar-refractivity contribution in [1.29, 1.82) is 0 Å². The molecule has 1 N–H and O–H groups in total. The minimum Gasteiger partial charge on any atom is -0.488 e. The van der Waals surface area contributed by atoms with Crippen LogP contribution in [-0.2, 0) is 4.79 Å². The molecule has 0 fully saturated rings. The Bertz CT molecular complexity index is 529. The average molecular weight is 216 g/mol. The second kappa shape index (κ2) is 4.61. The molecule has 0 aliphatic heterocycles. The average Bonchev–Trinajstić information content (AvgIpc) is 2.71. The van der Waals surface area contributed by atoms with Crippen LogP contribution in [0.5, 0.6) is 5.75 Å². The van der Waals surface area contributed by atoms with Gasteiger partial charge in [0.05, 0.1) is 0 Å². The Labute approximate surface area is 93.0 Å². The molecule has 2 aromatic rings. The largest absolute Gasteiger partial charge is 0.488 e. The smallest absolute Gasteiger partial charge is 0.242 e. The van der Waals surface area contributed by atoms with E-state index in [1.165, 1.54) is 13.1 Å². The maximum Gasteiger partial charge on any atom is 0.242 e. The van der Waals surface area contributed by atoms with Crippen molar-refractivity contribution in [3.8, 4) is 5.75 Å². The van der Waals surface area contributed by atoms with Crippen molar-refractivity contribution >= 4 is 23.0 Å². The normalized spacial score (nSPS) is 11.1. The van der Waals surface area contributed by atoms with Gasteiger partial charge < -0.3 is 9.72 Å². The van der Waals surface area contributed by atoms with Gasteiger partial charge in [-0.1, -0.05) is 0 Å². The predicted octanol–water partition coefficient (Wildman–Crippen LogP) is 2.16. The van der Waals surface area contributed by atoms with Gasteiger partial charge in [0.2, 0.25) is 5.91 Å². The van der Waals surface area contributed by atoms with Crippen molar-refractivity contribution < 1.29 is 9.53 Å². The van der Waals surface area contributed by atoms with Gasteiger partial charge in [-0.2, -0.15) is 0 Å². The van der Waals surface area contributed by atoms with E-state index >= 15 is 0 Å². The number of hydrogen-bond acceptors (Lipinski definition) is 2. The van der Waals surface area contributed by atoms with Crippen molar-refractivity contribution in [3.63, 3.8) is 0 Å². The van der Waals surface area contributed by atoms with E-state index in [1.54, 1.807) is 0 Å². The molecule has 16 heavy (non-hydrogen) atoms. The highest BCUT2D eigenvalue weighted by Crippen LogP contribution is 2.19. The van der Waals surface area contributed by atoms with Gasteiger partial charge in [0.15, 0.2) is 0 Å². The summed E-state index contributed by atoms with van der Waals surface area (Å²) in [5.74, 6) is 0.548. The first-order chi connectivity index (χ1) is 7.75. The Morgan fingerprint density at radius 2 is 2.38 bits per heavy atom. The summed E-state index contributed by atoms with van der Waals surface area (Å²) in [7, 11) is 0. The van der Waals surface area contributed by atoms with Crippen LogP contribution in [0.25, 0.3) is 10.9 Å². The topological polar surface area (TPSA) is 54.4 Å². The molecule has 0 unspecified atom stereocenters. The van der Waals surface area contributed by atoms with Gasteiger partial charge in [0, 0.05) is 30.2 Å².